The van der Waals surface area contributed by atoms with Crippen LogP contribution in [0.5, 0.6) is 0 Å². The molecule has 0 spiro atoms. The highest BCUT2D eigenvalue weighted by Gasteiger charge is 2.15. The molecule has 2 aromatic heterocycles. The number of aromatic amines is 1. The molecule has 8 heteroatoms. The first-order valence-electron chi connectivity index (χ1n) is 9.30. The maximum absolute atomic E-state index is 12.7. The van der Waals surface area contributed by atoms with E-state index in [1.807, 2.05) is 71.9 Å². The molecule has 0 atom stereocenters. The zero-order chi connectivity index (χ0) is 21.1. The van der Waals surface area contributed by atoms with Crippen LogP contribution < -0.4 is 10.9 Å². The van der Waals surface area contributed by atoms with Gasteiger partial charge in [0, 0.05) is 15.4 Å². The maximum Gasteiger partial charge on any atom is 0.260 e. The standard InChI is InChI=1S/C22H19BrN4O2S/c1-27(12-19(28)24-17-10-6-5-9-16(17)23)11-18-25-21(29)20-15(13-30-22(20)26-18)14-7-3-2-4-8-14/h2-10,13H,11-12H2,1H3,(H,24,28)(H,25,26,29). The molecule has 2 aromatic carbocycles. The van der Waals surface area contributed by atoms with E-state index in [4.69, 9.17) is 0 Å². The average Bonchev–Trinajstić information content (AvgIpc) is 3.15. The number of fused-ring (bicyclic) bond motifs is 1. The Morgan fingerprint density at radius 2 is 1.90 bits per heavy atom. The zero-order valence-corrected chi connectivity index (χ0v) is 18.6. The van der Waals surface area contributed by atoms with Crippen LogP contribution in [-0.4, -0.2) is 34.4 Å². The summed E-state index contributed by atoms with van der Waals surface area (Å²) < 4.78 is 0.823. The minimum Gasteiger partial charge on any atom is -0.324 e. The molecule has 4 rings (SSSR count). The fourth-order valence-electron chi connectivity index (χ4n) is 3.21. The third-order valence-electron chi connectivity index (χ3n) is 4.56. The molecule has 0 aliphatic carbocycles. The SMILES string of the molecule is CN(CC(=O)Nc1ccccc1Br)Cc1nc2scc(-c3ccccc3)c2c(=O)[nH]1. The molecule has 0 bridgehead atoms. The predicted octanol–water partition coefficient (Wildman–Crippen LogP) is 4.48. The van der Waals surface area contributed by atoms with E-state index in [-0.39, 0.29) is 18.0 Å². The van der Waals surface area contributed by atoms with Crippen LogP contribution in [0.2, 0.25) is 0 Å². The van der Waals surface area contributed by atoms with Crippen molar-refractivity contribution in [1.82, 2.24) is 14.9 Å². The predicted molar refractivity (Wildman–Crippen MR) is 125 cm³/mol. The molecule has 0 aliphatic rings. The number of hydrogen-bond acceptors (Lipinski definition) is 5. The van der Waals surface area contributed by atoms with E-state index in [1.54, 1.807) is 0 Å². The lowest BCUT2D eigenvalue weighted by atomic mass is 10.1. The van der Waals surface area contributed by atoms with E-state index in [1.165, 1.54) is 11.3 Å². The Morgan fingerprint density at radius 1 is 1.17 bits per heavy atom. The number of rotatable bonds is 6. The molecule has 0 saturated heterocycles. The number of amides is 1. The molecule has 30 heavy (non-hydrogen) atoms. The second kappa shape index (κ2) is 8.91. The fraction of sp³-hybridized carbons (Fsp3) is 0.136. The van der Waals surface area contributed by atoms with Gasteiger partial charge in [-0.3, -0.25) is 14.5 Å². The minimum atomic E-state index is -0.166. The third kappa shape index (κ3) is 4.51. The number of hydrogen-bond donors (Lipinski definition) is 2. The van der Waals surface area contributed by atoms with Crippen molar-refractivity contribution in [2.24, 2.45) is 0 Å². The molecule has 152 valence electrons. The van der Waals surface area contributed by atoms with Gasteiger partial charge < -0.3 is 10.3 Å². The fourth-order valence-corrected chi connectivity index (χ4v) is 4.56. The van der Waals surface area contributed by atoms with Gasteiger partial charge in [-0.15, -0.1) is 11.3 Å². The monoisotopic (exact) mass is 482 g/mol. The lowest BCUT2D eigenvalue weighted by Gasteiger charge is -2.16. The summed E-state index contributed by atoms with van der Waals surface area (Å²) in [6.45, 7) is 0.524. The Hall–Kier alpha value is -2.81. The van der Waals surface area contributed by atoms with Crippen molar-refractivity contribution in [3.05, 3.63) is 80.6 Å². The molecular formula is C22H19BrN4O2S. The molecule has 0 aliphatic heterocycles. The molecule has 0 unspecified atom stereocenters. The molecule has 0 radical (unpaired) electrons. The van der Waals surface area contributed by atoms with Gasteiger partial charge >= 0.3 is 0 Å². The van der Waals surface area contributed by atoms with Crippen LogP contribution in [0.1, 0.15) is 5.82 Å². The Morgan fingerprint density at radius 3 is 2.67 bits per heavy atom. The van der Waals surface area contributed by atoms with Gasteiger partial charge in [0.25, 0.3) is 5.56 Å². The number of nitrogens with zero attached hydrogens (tertiary/aromatic N) is 2. The van der Waals surface area contributed by atoms with Crippen LogP contribution in [0.4, 0.5) is 5.69 Å². The number of benzene rings is 2. The van der Waals surface area contributed by atoms with Gasteiger partial charge in [0.1, 0.15) is 10.7 Å². The summed E-state index contributed by atoms with van der Waals surface area (Å²) in [5, 5.41) is 5.43. The molecular weight excluding hydrogens is 464 g/mol. The van der Waals surface area contributed by atoms with Gasteiger partial charge in [-0.25, -0.2) is 4.98 Å². The summed E-state index contributed by atoms with van der Waals surface area (Å²) >= 11 is 4.86. The second-order valence-corrected chi connectivity index (χ2v) is 8.62. The quantitative estimate of drug-likeness (QED) is 0.424. The first-order valence-corrected chi connectivity index (χ1v) is 11.0. The van der Waals surface area contributed by atoms with E-state index < -0.39 is 0 Å². The summed E-state index contributed by atoms with van der Waals surface area (Å²) in [6.07, 6.45) is 0. The van der Waals surface area contributed by atoms with Crippen LogP contribution in [0.15, 0.2) is 69.2 Å². The summed E-state index contributed by atoms with van der Waals surface area (Å²) in [5.41, 5.74) is 2.43. The number of carbonyl (C=O) groups excluding carboxylic acids is 1. The molecule has 0 fully saturated rings. The number of para-hydroxylation sites is 1. The van der Waals surface area contributed by atoms with Gasteiger partial charge in [0.15, 0.2) is 0 Å². The van der Waals surface area contributed by atoms with Crippen molar-refractivity contribution < 1.29 is 4.79 Å². The number of H-pyrrole nitrogens is 1. The van der Waals surface area contributed by atoms with Crippen LogP contribution in [-0.2, 0) is 11.3 Å². The number of aromatic nitrogens is 2. The highest BCUT2D eigenvalue weighted by Crippen LogP contribution is 2.30. The van der Waals surface area contributed by atoms with Gasteiger partial charge in [-0.1, -0.05) is 42.5 Å². The maximum atomic E-state index is 12.7. The number of anilines is 1. The van der Waals surface area contributed by atoms with Gasteiger partial charge in [-0.05, 0) is 40.7 Å². The smallest absolute Gasteiger partial charge is 0.260 e. The average molecular weight is 483 g/mol. The number of likely N-dealkylation sites (N-methyl/N-ethyl adjacent to an activating group) is 1. The second-order valence-electron chi connectivity index (χ2n) is 6.91. The molecule has 1 amide bonds. The lowest BCUT2D eigenvalue weighted by molar-refractivity contribution is -0.117. The van der Waals surface area contributed by atoms with Gasteiger partial charge in [0.2, 0.25) is 5.91 Å². The van der Waals surface area contributed by atoms with E-state index >= 15 is 0 Å². The van der Waals surface area contributed by atoms with E-state index in [0.29, 0.717) is 22.6 Å². The van der Waals surface area contributed by atoms with Crippen LogP contribution in [0, 0.1) is 0 Å². The van der Waals surface area contributed by atoms with Crippen molar-refractivity contribution in [3.63, 3.8) is 0 Å². The minimum absolute atomic E-state index is 0.143. The number of thiophene rings is 1. The van der Waals surface area contributed by atoms with Crippen molar-refractivity contribution in [2.45, 2.75) is 6.54 Å². The third-order valence-corrected chi connectivity index (χ3v) is 6.12. The van der Waals surface area contributed by atoms with E-state index in [2.05, 4.69) is 31.2 Å². The first-order chi connectivity index (χ1) is 14.5. The first kappa shape index (κ1) is 20.5. The molecule has 2 N–H and O–H groups in total. The highest BCUT2D eigenvalue weighted by molar-refractivity contribution is 9.10. The van der Waals surface area contributed by atoms with Crippen LogP contribution >= 0.6 is 27.3 Å². The van der Waals surface area contributed by atoms with Crippen molar-refractivity contribution in [3.8, 4) is 11.1 Å². The highest BCUT2D eigenvalue weighted by atomic mass is 79.9. The van der Waals surface area contributed by atoms with E-state index in [9.17, 15) is 9.59 Å². The Kier molecular flexibility index (Phi) is 6.08. The van der Waals surface area contributed by atoms with Crippen molar-refractivity contribution in [1.29, 1.82) is 0 Å². The zero-order valence-electron chi connectivity index (χ0n) is 16.2. The van der Waals surface area contributed by atoms with Gasteiger partial charge in [0.05, 0.1) is 24.2 Å². The van der Waals surface area contributed by atoms with E-state index in [0.717, 1.165) is 21.3 Å². The number of nitrogens with one attached hydrogen (secondary N) is 2. The van der Waals surface area contributed by atoms with Gasteiger partial charge in [-0.2, -0.15) is 0 Å². The Labute approximate surface area is 185 Å². The Bertz CT molecular complexity index is 1250. The summed E-state index contributed by atoms with van der Waals surface area (Å²) in [5.74, 6) is 0.389. The van der Waals surface area contributed by atoms with Crippen molar-refractivity contribution in [2.75, 3.05) is 18.9 Å². The van der Waals surface area contributed by atoms with Crippen LogP contribution in [0.25, 0.3) is 21.3 Å². The van der Waals surface area contributed by atoms with Crippen LogP contribution in [0.3, 0.4) is 0 Å². The number of carbonyl (C=O) groups is 1. The van der Waals surface area contributed by atoms with Crippen molar-refractivity contribution >= 4 is 49.1 Å². The molecule has 4 aromatic rings. The summed E-state index contributed by atoms with van der Waals surface area (Å²) in [6, 6.07) is 17.2. The number of halogens is 1. The lowest BCUT2D eigenvalue weighted by Crippen LogP contribution is -2.31. The molecule has 0 saturated carbocycles. The summed E-state index contributed by atoms with van der Waals surface area (Å²) in [7, 11) is 1.81. The largest absolute Gasteiger partial charge is 0.324 e. The topological polar surface area (TPSA) is 78.1 Å². The molecule has 2 heterocycles. The normalized spacial score (nSPS) is 11.2. The molecule has 6 nitrogen and oxygen atoms in total. The Balaban J connectivity index is 1.48. The summed E-state index contributed by atoms with van der Waals surface area (Å²) in [4.78, 5) is 35.1.